The molecule has 0 radical (unpaired) electrons. The second-order valence-electron chi connectivity index (χ2n) is 7.02. The van der Waals surface area contributed by atoms with Crippen molar-refractivity contribution in [2.75, 3.05) is 31.6 Å². The summed E-state index contributed by atoms with van der Waals surface area (Å²) in [6, 6.07) is 10.7. The summed E-state index contributed by atoms with van der Waals surface area (Å²) in [7, 11) is -3.67. The Kier molecular flexibility index (Phi) is 6.17. The lowest BCUT2D eigenvalue weighted by Gasteiger charge is -2.27. The zero-order valence-corrected chi connectivity index (χ0v) is 17.3. The molecule has 0 bridgehead atoms. The summed E-state index contributed by atoms with van der Waals surface area (Å²) in [6.07, 6.45) is 0.567. The third-order valence-corrected chi connectivity index (χ3v) is 6.76. The van der Waals surface area contributed by atoms with Gasteiger partial charge in [0.1, 0.15) is 0 Å². The molecule has 7 heteroatoms. The van der Waals surface area contributed by atoms with Crippen molar-refractivity contribution < 1.29 is 17.9 Å². The summed E-state index contributed by atoms with van der Waals surface area (Å²) in [4.78, 5) is 13.0. The average molecular weight is 403 g/mol. The number of nitrogens with zero attached hydrogens (tertiary/aromatic N) is 1. The minimum Gasteiger partial charge on any atom is -0.379 e. The third kappa shape index (κ3) is 4.43. The minimum atomic E-state index is -3.67. The normalized spacial score (nSPS) is 15.4. The van der Waals surface area contributed by atoms with E-state index in [1.807, 2.05) is 39.0 Å². The molecule has 1 amide bonds. The van der Waals surface area contributed by atoms with Gasteiger partial charge in [0.05, 0.1) is 18.1 Å². The van der Waals surface area contributed by atoms with E-state index in [1.54, 1.807) is 12.1 Å². The summed E-state index contributed by atoms with van der Waals surface area (Å²) in [5.74, 6) is -0.328. The highest BCUT2D eigenvalue weighted by molar-refractivity contribution is 7.89. The maximum atomic E-state index is 13.1. The molecule has 1 fully saturated rings. The Balaban J connectivity index is 1.92. The van der Waals surface area contributed by atoms with Gasteiger partial charge in [-0.3, -0.25) is 4.79 Å². The van der Waals surface area contributed by atoms with Crippen LogP contribution in [-0.4, -0.2) is 44.9 Å². The van der Waals surface area contributed by atoms with Gasteiger partial charge in [0.15, 0.2) is 0 Å². The second-order valence-corrected chi connectivity index (χ2v) is 8.93. The van der Waals surface area contributed by atoms with Gasteiger partial charge in [0.2, 0.25) is 10.0 Å². The maximum absolute atomic E-state index is 13.1. The monoisotopic (exact) mass is 402 g/mol. The molecule has 0 saturated carbocycles. The lowest BCUT2D eigenvalue weighted by atomic mass is 10.1. The van der Waals surface area contributed by atoms with Crippen molar-refractivity contribution >= 4 is 21.6 Å². The zero-order chi connectivity index (χ0) is 20.3. The minimum absolute atomic E-state index is 0.199. The molecule has 0 aliphatic carbocycles. The van der Waals surface area contributed by atoms with Crippen LogP contribution in [0.1, 0.15) is 34.0 Å². The Morgan fingerprint density at radius 2 is 1.71 bits per heavy atom. The lowest BCUT2D eigenvalue weighted by molar-refractivity contribution is 0.0730. The van der Waals surface area contributed by atoms with Crippen molar-refractivity contribution in [2.45, 2.75) is 32.1 Å². The van der Waals surface area contributed by atoms with Crippen LogP contribution in [0, 0.1) is 13.8 Å². The fraction of sp³-hybridized carbons (Fsp3) is 0.381. The van der Waals surface area contributed by atoms with Gasteiger partial charge >= 0.3 is 0 Å². The average Bonchev–Trinajstić information content (AvgIpc) is 2.67. The van der Waals surface area contributed by atoms with Gasteiger partial charge in [-0.1, -0.05) is 19.1 Å². The van der Waals surface area contributed by atoms with Crippen LogP contribution >= 0.6 is 0 Å². The molecule has 1 aliphatic rings. The van der Waals surface area contributed by atoms with Crippen LogP contribution in [0.5, 0.6) is 0 Å². The Hall–Kier alpha value is -2.22. The lowest BCUT2D eigenvalue weighted by Crippen LogP contribution is -2.41. The number of benzene rings is 2. The zero-order valence-electron chi connectivity index (χ0n) is 16.5. The molecule has 3 rings (SSSR count). The SMILES string of the molecule is CCc1ccc(C(=O)Nc2cc(C)cc(C)c2)cc1S(=O)(=O)N1CCOCC1. The number of ether oxygens (including phenoxy) is 1. The van der Waals surface area contributed by atoms with E-state index in [0.717, 1.165) is 11.1 Å². The predicted molar refractivity (Wildman–Crippen MR) is 109 cm³/mol. The van der Waals surface area contributed by atoms with E-state index in [0.29, 0.717) is 49.5 Å². The van der Waals surface area contributed by atoms with E-state index in [1.165, 1.54) is 10.4 Å². The van der Waals surface area contributed by atoms with Crippen molar-refractivity contribution in [3.8, 4) is 0 Å². The standard InChI is InChI=1S/C21H26N2O4S/c1-4-17-5-6-18(21(24)22-19-12-15(2)11-16(3)13-19)14-20(17)28(25,26)23-7-9-27-10-8-23/h5-6,11-14H,4,7-10H2,1-3H3,(H,22,24). The van der Waals surface area contributed by atoms with Crippen LogP contribution in [0.15, 0.2) is 41.3 Å². The Bertz CT molecular complexity index is 960. The molecule has 6 nitrogen and oxygen atoms in total. The highest BCUT2D eigenvalue weighted by atomic mass is 32.2. The summed E-state index contributed by atoms with van der Waals surface area (Å²) < 4.78 is 32.9. The van der Waals surface area contributed by atoms with Crippen molar-refractivity contribution in [3.05, 3.63) is 58.7 Å². The summed E-state index contributed by atoms with van der Waals surface area (Å²) in [5, 5.41) is 2.87. The molecule has 0 atom stereocenters. The second kappa shape index (κ2) is 8.43. The third-order valence-electron chi connectivity index (χ3n) is 4.78. The van der Waals surface area contributed by atoms with Gasteiger partial charge in [0, 0.05) is 24.3 Å². The molecule has 0 unspecified atom stereocenters. The van der Waals surface area contributed by atoms with E-state index in [4.69, 9.17) is 4.74 Å². The van der Waals surface area contributed by atoms with Crippen LogP contribution in [-0.2, 0) is 21.2 Å². The molecule has 28 heavy (non-hydrogen) atoms. The quantitative estimate of drug-likeness (QED) is 0.834. The topological polar surface area (TPSA) is 75.7 Å². The first kappa shape index (κ1) is 20.5. The number of amides is 1. The number of carbonyl (C=O) groups is 1. The first-order valence-electron chi connectivity index (χ1n) is 9.41. The van der Waals surface area contributed by atoms with Crippen LogP contribution in [0.3, 0.4) is 0 Å². The fourth-order valence-corrected chi connectivity index (χ4v) is 5.13. The number of hydrogen-bond acceptors (Lipinski definition) is 4. The molecule has 150 valence electrons. The van der Waals surface area contributed by atoms with Crippen molar-refractivity contribution in [3.63, 3.8) is 0 Å². The maximum Gasteiger partial charge on any atom is 0.255 e. The molecular weight excluding hydrogens is 376 g/mol. The number of hydrogen-bond donors (Lipinski definition) is 1. The van der Waals surface area contributed by atoms with Crippen LogP contribution in [0.25, 0.3) is 0 Å². The van der Waals surface area contributed by atoms with E-state index in [2.05, 4.69) is 5.32 Å². The molecule has 1 saturated heterocycles. The predicted octanol–water partition coefficient (Wildman–Crippen LogP) is 3.14. The summed E-state index contributed by atoms with van der Waals surface area (Å²) in [5.41, 5.74) is 3.82. The van der Waals surface area contributed by atoms with Gasteiger partial charge in [-0.2, -0.15) is 4.31 Å². The largest absolute Gasteiger partial charge is 0.379 e. The van der Waals surface area contributed by atoms with Gasteiger partial charge in [-0.15, -0.1) is 0 Å². The Morgan fingerprint density at radius 3 is 2.32 bits per heavy atom. The number of anilines is 1. The number of rotatable bonds is 5. The number of carbonyl (C=O) groups excluding carboxylic acids is 1. The Morgan fingerprint density at radius 1 is 1.07 bits per heavy atom. The highest BCUT2D eigenvalue weighted by Gasteiger charge is 2.29. The fourth-order valence-electron chi connectivity index (χ4n) is 3.40. The Labute approximate surface area is 166 Å². The molecule has 1 heterocycles. The van der Waals surface area contributed by atoms with E-state index in [-0.39, 0.29) is 10.8 Å². The molecule has 1 aliphatic heterocycles. The first-order valence-corrected chi connectivity index (χ1v) is 10.9. The molecule has 2 aromatic carbocycles. The summed E-state index contributed by atoms with van der Waals surface area (Å²) >= 11 is 0. The molecule has 0 spiro atoms. The first-order chi connectivity index (χ1) is 13.3. The smallest absolute Gasteiger partial charge is 0.255 e. The molecule has 1 N–H and O–H groups in total. The van der Waals surface area contributed by atoms with E-state index >= 15 is 0 Å². The number of aryl methyl sites for hydroxylation is 3. The van der Waals surface area contributed by atoms with Crippen molar-refractivity contribution in [1.82, 2.24) is 4.31 Å². The highest BCUT2D eigenvalue weighted by Crippen LogP contribution is 2.24. The van der Waals surface area contributed by atoms with Gasteiger partial charge in [-0.25, -0.2) is 8.42 Å². The summed E-state index contributed by atoms with van der Waals surface area (Å²) in [6.45, 7) is 7.25. The van der Waals surface area contributed by atoms with Crippen LogP contribution in [0.2, 0.25) is 0 Å². The van der Waals surface area contributed by atoms with Gasteiger partial charge < -0.3 is 10.1 Å². The van der Waals surface area contributed by atoms with E-state index < -0.39 is 10.0 Å². The molecule has 0 aromatic heterocycles. The van der Waals surface area contributed by atoms with Crippen molar-refractivity contribution in [1.29, 1.82) is 0 Å². The van der Waals surface area contributed by atoms with Gasteiger partial charge in [0.25, 0.3) is 5.91 Å². The molecular formula is C21H26N2O4S. The van der Waals surface area contributed by atoms with Crippen molar-refractivity contribution in [2.24, 2.45) is 0 Å². The number of sulfonamides is 1. The van der Waals surface area contributed by atoms with Crippen LogP contribution < -0.4 is 5.32 Å². The number of morpholine rings is 1. The number of nitrogens with one attached hydrogen (secondary N) is 1. The van der Waals surface area contributed by atoms with E-state index in [9.17, 15) is 13.2 Å². The van der Waals surface area contributed by atoms with Crippen LogP contribution in [0.4, 0.5) is 5.69 Å². The van der Waals surface area contributed by atoms with Gasteiger partial charge in [-0.05, 0) is 61.2 Å². The molecule has 2 aromatic rings.